The van der Waals surface area contributed by atoms with Crippen LogP contribution in [0.3, 0.4) is 0 Å². The Balaban J connectivity index is 2.01. The molecular formula is C16H7Cl2N3O6. The summed E-state index contributed by atoms with van der Waals surface area (Å²) in [5.41, 5.74) is -0.357. The lowest BCUT2D eigenvalue weighted by molar-refractivity contribution is -0.385. The smallest absolute Gasteiger partial charge is 0.363 e. The van der Waals surface area contributed by atoms with Crippen LogP contribution in [0.2, 0.25) is 10.0 Å². The monoisotopic (exact) mass is 407 g/mol. The molecule has 0 radical (unpaired) electrons. The quantitative estimate of drug-likeness (QED) is 0.324. The SMILES string of the molecule is O=C1OC(c2cc([N+](=O)[O-])ccc2Cl)=N/C1=C\c1ccc(Cl)c([N+](=O)[O-])c1. The average Bonchev–Trinajstić information content (AvgIpc) is 2.97. The topological polar surface area (TPSA) is 125 Å². The van der Waals surface area contributed by atoms with E-state index < -0.39 is 15.8 Å². The third kappa shape index (κ3) is 3.78. The van der Waals surface area contributed by atoms with Crippen LogP contribution in [0.4, 0.5) is 11.4 Å². The summed E-state index contributed by atoms with van der Waals surface area (Å²) in [6, 6.07) is 7.57. The van der Waals surface area contributed by atoms with Crippen molar-refractivity contribution >= 4 is 52.5 Å². The molecule has 0 spiro atoms. The molecule has 1 aliphatic rings. The van der Waals surface area contributed by atoms with Crippen LogP contribution in [0.5, 0.6) is 0 Å². The van der Waals surface area contributed by atoms with Crippen LogP contribution >= 0.6 is 23.2 Å². The normalized spacial score (nSPS) is 14.8. The van der Waals surface area contributed by atoms with Crippen molar-refractivity contribution in [2.45, 2.75) is 0 Å². The van der Waals surface area contributed by atoms with Crippen molar-refractivity contribution < 1.29 is 19.4 Å². The first kappa shape index (κ1) is 18.5. The molecule has 2 aromatic rings. The van der Waals surface area contributed by atoms with E-state index in [-0.39, 0.29) is 38.6 Å². The highest BCUT2D eigenvalue weighted by atomic mass is 35.5. The van der Waals surface area contributed by atoms with Crippen LogP contribution in [-0.2, 0) is 9.53 Å². The molecule has 27 heavy (non-hydrogen) atoms. The maximum absolute atomic E-state index is 12.0. The number of hydrogen-bond donors (Lipinski definition) is 0. The standard InChI is InChI=1S/C16H7Cl2N3O6/c17-11-4-2-9(20(23)24)7-10(11)15-19-13(16(22)27-15)5-8-1-3-12(18)14(6-8)21(25)26/h1-7H/b13-5-. The molecule has 0 aromatic heterocycles. The van der Waals surface area contributed by atoms with E-state index in [4.69, 9.17) is 27.9 Å². The fourth-order valence-corrected chi connectivity index (χ4v) is 2.62. The summed E-state index contributed by atoms with van der Waals surface area (Å²) in [5, 5.41) is 21.9. The van der Waals surface area contributed by atoms with Gasteiger partial charge in [-0.05, 0) is 23.8 Å². The Morgan fingerprint density at radius 3 is 2.37 bits per heavy atom. The molecule has 0 aliphatic carbocycles. The minimum atomic E-state index is -0.829. The Morgan fingerprint density at radius 1 is 1.00 bits per heavy atom. The van der Waals surface area contributed by atoms with Gasteiger partial charge in [0.1, 0.15) is 5.02 Å². The number of cyclic esters (lactones) is 1. The highest BCUT2D eigenvalue weighted by Gasteiger charge is 2.27. The fourth-order valence-electron chi connectivity index (χ4n) is 2.23. The van der Waals surface area contributed by atoms with E-state index in [0.29, 0.717) is 5.56 Å². The Hall–Kier alpha value is -3.30. The number of nitro groups is 2. The first-order valence-electron chi connectivity index (χ1n) is 7.17. The summed E-state index contributed by atoms with van der Waals surface area (Å²) in [6.45, 7) is 0. The van der Waals surface area contributed by atoms with Crippen LogP contribution in [0, 0.1) is 20.2 Å². The van der Waals surface area contributed by atoms with Gasteiger partial charge < -0.3 is 4.74 Å². The third-order valence-corrected chi connectivity index (χ3v) is 4.13. The number of carbonyl (C=O) groups is 1. The van der Waals surface area contributed by atoms with Gasteiger partial charge in [0.05, 0.1) is 20.4 Å². The van der Waals surface area contributed by atoms with E-state index in [9.17, 15) is 25.0 Å². The van der Waals surface area contributed by atoms with E-state index in [1.807, 2.05) is 0 Å². The number of non-ortho nitro benzene ring substituents is 1. The number of nitro benzene ring substituents is 2. The lowest BCUT2D eigenvalue weighted by atomic mass is 10.1. The van der Waals surface area contributed by atoms with Gasteiger partial charge >= 0.3 is 5.97 Å². The molecule has 0 saturated carbocycles. The predicted octanol–water partition coefficient (Wildman–Crippen LogP) is 4.15. The van der Waals surface area contributed by atoms with Crippen molar-refractivity contribution in [2.75, 3.05) is 0 Å². The van der Waals surface area contributed by atoms with Gasteiger partial charge in [-0.25, -0.2) is 9.79 Å². The van der Waals surface area contributed by atoms with E-state index in [0.717, 1.165) is 6.07 Å². The second-order valence-corrected chi connectivity index (χ2v) is 6.04. The largest absolute Gasteiger partial charge is 0.402 e. The van der Waals surface area contributed by atoms with Gasteiger partial charge in [-0.2, -0.15) is 0 Å². The van der Waals surface area contributed by atoms with Crippen molar-refractivity contribution in [1.29, 1.82) is 0 Å². The first-order valence-corrected chi connectivity index (χ1v) is 7.92. The van der Waals surface area contributed by atoms with Crippen molar-refractivity contribution in [3.05, 3.63) is 83.5 Å². The van der Waals surface area contributed by atoms with Crippen LogP contribution < -0.4 is 0 Å². The number of nitrogens with zero attached hydrogens (tertiary/aromatic N) is 3. The predicted molar refractivity (Wildman–Crippen MR) is 96.8 cm³/mol. The van der Waals surface area contributed by atoms with E-state index in [1.165, 1.54) is 36.4 Å². The van der Waals surface area contributed by atoms with E-state index in [2.05, 4.69) is 4.99 Å². The second kappa shape index (κ2) is 7.14. The lowest BCUT2D eigenvalue weighted by Gasteiger charge is -2.02. The second-order valence-electron chi connectivity index (χ2n) is 5.23. The highest BCUT2D eigenvalue weighted by Crippen LogP contribution is 2.29. The van der Waals surface area contributed by atoms with Crippen LogP contribution in [0.1, 0.15) is 11.1 Å². The lowest BCUT2D eigenvalue weighted by Crippen LogP contribution is -2.06. The van der Waals surface area contributed by atoms with Crippen LogP contribution in [0.15, 0.2) is 47.1 Å². The Bertz CT molecular complexity index is 1060. The zero-order valence-corrected chi connectivity index (χ0v) is 14.6. The van der Waals surface area contributed by atoms with Crippen molar-refractivity contribution in [2.24, 2.45) is 4.99 Å². The van der Waals surface area contributed by atoms with Gasteiger partial charge in [-0.15, -0.1) is 0 Å². The van der Waals surface area contributed by atoms with Crippen LogP contribution in [-0.4, -0.2) is 21.7 Å². The van der Waals surface area contributed by atoms with Gasteiger partial charge in [0.2, 0.25) is 5.90 Å². The van der Waals surface area contributed by atoms with Gasteiger partial charge in [0.25, 0.3) is 11.4 Å². The van der Waals surface area contributed by atoms with Gasteiger partial charge in [-0.1, -0.05) is 29.3 Å². The third-order valence-electron chi connectivity index (χ3n) is 3.48. The van der Waals surface area contributed by atoms with E-state index in [1.54, 1.807) is 0 Å². The molecule has 0 atom stereocenters. The number of rotatable bonds is 4. The number of ether oxygens (including phenoxy) is 1. The molecule has 2 aromatic carbocycles. The van der Waals surface area contributed by atoms with Crippen molar-refractivity contribution in [3.63, 3.8) is 0 Å². The molecule has 0 N–H and O–H groups in total. The van der Waals surface area contributed by atoms with Crippen molar-refractivity contribution in [1.82, 2.24) is 0 Å². The molecule has 1 aliphatic heterocycles. The van der Waals surface area contributed by atoms with Gasteiger partial charge in [-0.3, -0.25) is 20.2 Å². The number of halogens is 2. The summed E-state index contributed by atoms with van der Waals surface area (Å²) >= 11 is 11.8. The molecule has 0 unspecified atom stereocenters. The van der Waals surface area contributed by atoms with Gasteiger partial charge in [0.15, 0.2) is 5.70 Å². The minimum absolute atomic E-state index is 0.0521. The summed E-state index contributed by atoms with van der Waals surface area (Å²) in [7, 11) is 0. The molecule has 9 nitrogen and oxygen atoms in total. The maximum Gasteiger partial charge on any atom is 0.363 e. The number of esters is 1. The summed E-state index contributed by atoms with van der Waals surface area (Å²) < 4.78 is 5.03. The Labute approximate surface area is 160 Å². The molecule has 136 valence electrons. The zero-order chi connectivity index (χ0) is 19.7. The fraction of sp³-hybridized carbons (Fsp3) is 0. The number of hydrogen-bond acceptors (Lipinski definition) is 7. The summed E-state index contributed by atoms with van der Waals surface area (Å²) in [5.74, 6) is -1.03. The zero-order valence-electron chi connectivity index (χ0n) is 13.1. The first-order chi connectivity index (χ1) is 12.8. The Morgan fingerprint density at radius 2 is 1.70 bits per heavy atom. The summed E-state index contributed by atoms with van der Waals surface area (Å²) in [4.78, 5) is 36.6. The van der Waals surface area contributed by atoms with Crippen molar-refractivity contribution in [3.8, 4) is 0 Å². The molecule has 0 amide bonds. The molecule has 0 fully saturated rings. The number of benzene rings is 2. The summed E-state index contributed by atoms with van der Waals surface area (Å²) in [6.07, 6.45) is 1.27. The minimum Gasteiger partial charge on any atom is -0.402 e. The number of carbonyl (C=O) groups excluding carboxylic acids is 1. The molecular weight excluding hydrogens is 401 g/mol. The molecule has 3 rings (SSSR count). The maximum atomic E-state index is 12.0. The Kier molecular flexibility index (Phi) is 4.89. The average molecular weight is 408 g/mol. The molecule has 1 heterocycles. The molecule has 0 bridgehead atoms. The molecule has 11 heteroatoms. The molecule has 0 saturated heterocycles. The van der Waals surface area contributed by atoms with Crippen LogP contribution in [0.25, 0.3) is 6.08 Å². The highest BCUT2D eigenvalue weighted by molar-refractivity contribution is 6.34. The number of aliphatic imine (C=N–C) groups is 1. The van der Waals surface area contributed by atoms with E-state index >= 15 is 0 Å². The van der Waals surface area contributed by atoms with Gasteiger partial charge in [0, 0.05) is 18.2 Å².